The summed E-state index contributed by atoms with van der Waals surface area (Å²) < 4.78 is 0. The smallest absolute Gasteiger partial charge is 0.191 e. The first-order valence-electron chi connectivity index (χ1n) is 8.94. The lowest BCUT2D eigenvalue weighted by Gasteiger charge is -2.14. The number of aromatic nitrogens is 1. The standard InChI is InChI=1S/C17H31N5S/c1-3-18-17(20-10-8-16-21-14-15(2)23-16)19-9-4-5-11-22-12-6-7-13-22/h14H,3-13H2,1-2H3,(H2,18,19,20). The predicted octanol–water partition coefficient (Wildman–Crippen LogP) is 2.43. The molecule has 2 N–H and O–H groups in total. The topological polar surface area (TPSA) is 52.6 Å². The van der Waals surface area contributed by atoms with Gasteiger partial charge in [0.1, 0.15) is 0 Å². The molecular formula is C17H31N5S. The molecule has 0 aromatic carbocycles. The third-order valence-electron chi connectivity index (χ3n) is 4.00. The molecule has 1 aromatic rings. The summed E-state index contributed by atoms with van der Waals surface area (Å²) in [6.45, 7) is 10.7. The summed E-state index contributed by atoms with van der Waals surface area (Å²) in [5.41, 5.74) is 0. The molecule has 2 rings (SSSR count). The van der Waals surface area contributed by atoms with Crippen LogP contribution < -0.4 is 10.6 Å². The zero-order chi connectivity index (χ0) is 16.3. The lowest BCUT2D eigenvalue weighted by molar-refractivity contribution is 0.331. The van der Waals surface area contributed by atoms with Crippen molar-refractivity contribution in [3.8, 4) is 0 Å². The number of likely N-dealkylation sites (tertiary alicyclic amines) is 1. The van der Waals surface area contributed by atoms with E-state index in [9.17, 15) is 0 Å². The van der Waals surface area contributed by atoms with Gasteiger partial charge in [0.25, 0.3) is 0 Å². The summed E-state index contributed by atoms with van der Waals surface area (Å²) in [5, 5.41) is 7.91. The summed E-state index contributed by atoms with van der Waals surface area (Å²) in [7, 11) is 0. The van der Waals surface area contributed by atoms with Gasteiger partial charge in [-0.2, -0.15) is 0 Å². The van der Waals surface area contributed by atoms with Gasteiger partial charge in [-0.15, -0.1) is 11.3 Å². The SMILES string of the molecule is CCNC(=NCCCCN1CCCC1)NCCc1ncc(C)s1. The molecule has 6 heteroatoms. The lowest BCUT2D eigenvalue weighted by atomic mass is 10.3. The van der Waals surface area contributed by atoms with Gasteiger partial charge in [-0.25, -0.2) is 4.98 Å². The van der Waals surface area contributed by atoms with Crippen LogP contribution in [-0.4, -0.2) is 55.1 Å². The molecule has 0 saturated carbocycles. The van der Waals surface area contributed by atoms with Gasteiger partial charge in [0.15, 0.2) is 5.96 Å². The maximum atomic E-state index is 4.67. The first-order chi connectivity index (χ1) is 11.3. The monoisotopic (exact) mass is 337 g/mol. The molecule has 0 atom stereocenters. The van der Waals surface area contributed by atoms with Crippen LogP contribution in [0.15, 0.2) is 11.2 Å². The highest BCUT2D eigenvalue weighted by molar-refractivity contribution is 7.11. The number of thiazole rings is 1. The van der Waals surface area contributed by atoms with E-state index in [1.807, 2.05) is 6.20 Å². The number of aliphatic imine (C=N–C) groups is 1. The van der Waals surface area contributed by atoms with E-state index in [2.05, 4.69) is 39.4 Å². The van der Waals surface area contributed by atoms with Crippen molar-refractivity contribution in [3.05, 3.63) is 16.1 Å². The Labute approximate surface area is 144 Å². The molecule has 1 aliphatic heterocycles. The molecule has 0 bridgehead atoms. The van der Waals surface area contributed by atoms with Gasteiger partial charge in [0.05, 0.1) is 5.01 Å². The predicted molar refractivity (Wildman–Crippen MR) is 99.4 cm³/mol. The second-order valence-electron chi connectivity index (χ2n) is 6.06. The summed E-state index contributed by atoms with van der Waals surface area (Å²) in [4.78, 5) is 12.9. The van der Waals surface area contributed by atoms with E-state index in [-0.39, 0.29) is 0 Å². The fourth-order valence-corrected chi connectivity index (χ4v) is 3.58. The van der Waals surface area contributed by atoms with Crippen molar-refractivity contribution in [1.82, 2.24) is 20.5 Å². The van der Waals surface area contributed by atoms with E-state index in [1.54, 1.807) is 11.3 Å². The number of nitrogens with zero attached hydrogens (tertiary/aromatic N) is 3. The van der Waals surface area contributed by atoms with Crippen LogP contribution in [0.1, 0.15) is 42.5 Å². The van der Waals surface area contributed by atoms with Gasteiger partial charge in [-0.05, 0) is 59.2 Å². The van der Waals surface area contributed by atoms with Crippen LogP contribution >= 0.6 is 11.3 Å². The zero-order valence-corrected chi connectivity index (χ0v) is 15.4. The Morgan fingerprint density at radius 3 is 2.83 bits per heavy atom. The maximum absolute atomic E-state index is 4.67. The van der Waals surface area contributed by atoms with E-state index in [1.165, 1.54) is 55.2 Å². The zero-order valence-electron chi connectivity index (χ0n) is 14.6. The average Bonchev–Trinajstić information content (AvgIpc) is 3.19. The summed E-state index contributed by atoms with van der Waals surface area (Å²) in [6.07, 6.45) is 8.08. The minimum atomic E-state index is 0.882. The number of hydrogen-bond acceptors (Lipinski definition) is 4. The third-order valence-corrected chi connectivity index (χ3v) is 4.97. The Morgan fingerprint density at radius 1 is 1.30 bits per heavy atom. The molecule has 0 aliphatic carbocycles. The second kappa shape index (κ2) is 10.6. The van der Waals surface area contributed by atoms with E-state index in [0.29, 0.717) is 0 Å². The first kappa shape index (κ1) is 18.2. The highest BCUT2D eigenvalue weighted by Crippen LogP contribution is 2.11. The van der Waals surface area contributed by atoms with Crippen LogP contribution in [-0.2, 0) is 6.42 Å². The highest BCUT2D eigenvalue weighted by atomic mass is 32.1. The minimum Gasteiger partial charge on any atom is -0.357 e. The Morgan fingerprint density at radius 2 is 2.13 bits per heavy atom. The molecule has 2 heterocycles. The van der Waals surface area contributed by atoms with Crippen molar-refractivity contribution < 1.29 is 0 Å². The van der Waals surface area contributed by atoms with Crippen LogP contribution in [0.2, 0.25) is 0 Å². The van der Waals surface area contributed by atoms with Crippen molar-refractivity contribution in [2.45, 2.75) is 46.0 Å². The number of rotatable bonds is 9. The van der Waals surface area contributed by atoms with Gasteiger partial charge in [-0.3, -0.25) is 4.99 Å². The Hall–Kier alpha value is -1.14. The molecular weight excluding hydrogens is 306 g/mol. The Kier molecular flexibility index (Phi) is 8.39. The van der Waals surface area contributed by atoms with E-state index in [0.717, 1.165) is 32.0 Å². The van der Waals surface area contributed by atoms with Gasteiger partial charge >= 0.3 is 0 Å². The fraction of sp³-hybridized carbons (Fsp3) is 0.765. The average molecular weight is 338 g/mol. The van der Waals surface area contributed by atoms with Crippen LogP contribution in [0.3, 0.4) is 0 Å². The number of unbranched alkanes of at least 4 members (excludes halogenated alkanes) is 1. The highest BCUT2D eigenvalue weighted by Gasteiger charge is 2.09. The summed E-state index contributed by atoms with van der Waals surface area (Å²) in [5.74, 6) is 0.932. The van der Waals surface area contributed by atoms with Crippen molar-refractivity contribution in [2.24, 2.45) is 4.99 Å². The van der Waals surface area contributed by atoms with Crippen molar-refractivity contribution in [3.63, 3.8) is 0 Å². The van der Waals surface area contributed by atoms with E-state index < -0.39 is 0 Å². The molecule has 23 heavy (non-hydrogen) atoms. The Bertz CT molecular complexity index is 465. The molecule has 0 unspecified atom stereocenters. The Balaban J connectivity index is 1.60. The third kappa shape index (κ3) is 7.31. The largest absolute Gasteiger partial charge is 0.357 e. The molecule has 5 nitrogen and oxygen atoms in total. The number of nitrogens with one attached hydrogen (secondary N) is 2. The minimum absolute atomic E-state index is 0.882. The molecule has 0 radical (unpaired) electrons. The molecule has 1 fully saturated rings. The maximum Gasteiger partial charge on any atom is 0.191 e. The molecule has 0 spiro atoms. The molecule has 1 saturated heterocycles. The molecule has 0 amide bonds. The van der Waals surface area contributed by atoms with Gasteiger partial charge in [0.2, 0.25) is 0 Å². The van der Waals surface area contributed by atoms with Crippen LogP contribution in [0, 0.1) is 6.92 Å². The molecule has 1 aliphatic rings. The van der Waals surface area contributed by atoms with Gasteiger partial charge < -0.3 is 15.5 Å². The van der Waals surface area contributed by atoms with Gasteiger partial charge in [0, 0.05) is 37.1 Å². The van der Waals surface area contributed by atoms with Crippen LogP contribution in [0.4, 0.5) is 0 Å². The van der Waals surface area contributed by atoms with Crippen molar-refractivity contribution in [1.29, 1.82) is 0 Å². The molecule has 1 aromatic heterocycles. The van der Waals surface area contributed by atoms with E-state index >= 15 is 0 Å². The summed E-state index contributed by atoms with van der Waals surface area (Å²) >= 11 is 1.77. The number of hydrogen-bond donors (Lipinski definition) is 2. The second-order valence-corrected chi connectivity index (χ2v) is 7.38. The summed E-state index contributed by atoms with van der Waals surface area (Å²) in [6, 6.07) is 0. The van der Waals surface area contributed by atoms with Crippen molar-refractivity contribution >= 4 is 17.3 Å². The number of guanidine groups is 1. The van der Waals surface area contributed by atoms with Crippen LogP contribution in [0.25, 0.3) is 0 Å². The fourth-order valence-electron chi connectivity index (χ4n) is 2.79. The van der Waals surface area contributed by atoms with Crippen molar-refractivity contribution in [2.75, 3.05) is 39.3 Å². The number of aryl methyl sites for hydroxylation is 1. The lowest BCUT2D eigenvalue weighted by Crippen LogP contribution is -2.38. The normalized spacial score (nSPS) is 16.0. The quantitative estimate of drug-likeness (QED) is 0.413. The molecule has 130 valence electrons. The first-order valence-corrected chi connectivity index (χ1v) is 9.75. The van der Waals surface area contributed by atoms with E-state index in [4.69, 9.17) is 0 Å². The van der Waals surface area contributed by atoms with Crippen LogP contribution in [0.5, 0.6) is 0 Å². The van der Waals surface area contributed by atoms with Gasteiger partial charge in [-0.1, -0.05) is 0 Å².